The average molecular weight is 281 g/mol. The highest BCUT2D eigenvalue weighted by molar-refractivity contribution is 8.00. The van der Waals surface area contributed by atoms with Gasteiger partial charge < -0.3 is 15.2 Å². The molecule has 5 heteroatoms. The number of rotatable bonds is 5. The van der Waals surface area contributed by atoms with Crippen molar-refractivity contribution < 1.29 is 14.3 Å². The molecule has 2 rings (SSSR count). The maximum absolute atomic E-state index is 11.4. The van der Waals surface area contributed by atoms with E-state index in [0.717, 1.165) is 17.7 Å². The van der Waals surface area contributed by atoms with E-state index in [1.54, 1.807) is 18.9 Å². The molecule has 1 aliphatic carbocycles. The predicted molar refractivity (Wildman–Crippen MR) is 76.5 cm³/mol. The SMILES string of the molecule is CCOC(=O)CSC1Cc2ccc(OC)cc2C1N. The molecule has 0 spiro atoms. The Hall–Kier alpha value is -1.20. The molecule has 0 fully saturated rings. The van der Waals surface area contributed by atoms with Gasteiger partial charge in [-0.2, -0.15) is 0 Å². The largest absolute Gasteiger partial charge is 0.497 e. The molecular weight excluding hydrogens is 262 g/mol. The van der Waals surface area contributed by atoms with Gasteiger partial charge in [0.05, 0.1) is 19.5 Å². The van der Waals surface area contributed by atoms with Crippen molar-refractivity contribution in [2.24, 2.45) is 5.73 Å². The fraction of sp³-hybridized carbons (Fsp3) is 0.500. The minimum Gasteiger partial charge on any atom is -0.497 e. The van der Waals surface area contributed by atoms with Gasteiger partial charge in [0.15, 0.2) is 0 Å². The van der Waals surface area contributed by atoms with Crippen molar-refractivity contribution in [1.29, 1.82) is 0 Å². The summed E-state index contributed by atoms with van der Waals surface area (Å²) in [4.78, 5) is 11.4. The topological polar surface area (TPSA) is 61.5 Å². The van der Waals surface area contributed by atoms with Crippen LogP contribution in [-0.2, 0) is 16.0 Å². The quantitative estimate of drug-likeness (QED) is 0.835. The van der Waals surface area contributed by atoms with Gasteiger partial charge >= 0.3 is 5.97 Å². The fourth-order valence-electron chi connectivity index (χ4n) is 2.28. The van der Waals surface area contributed by atoms with Crippen LogP contribution in [-0.4, -0.2) is 30.7 Å². The van der Waals surface area contributed by atoms with E-state index in [1.807, 2.05) is 19.1 Å². The third kappa shape index (κ3) is 3.22. The summed E-state index contributed by atoms with van der Waals surface area (Å²) in [5.74, 6) is 1.01. The van der Waals surface area contributed by atoms with E-state index < -0.39 is 0 Å². The van der Waals surface area contributed by atoms with Crippen LogP contribution in [0.3, 0.4) is 0 Å². The molecule has 0 aliphatic heterocycles. The van der Waals surface area contributed by atoms with Crippen molar-refractivity contribution in [3.63, 3.8) is 0 Å². The van der Waals surface area contributed by atoms with Gasteiger partial charge in [-0.3, -0.25) is 4.79 Å². The highest BCUT2D eigenvalue weighted by atomic mass is 32.2. The summed E-state index contributed by atoms with van der Waals surface area (Å²) in [6.45, 7) is 2.24. The van der Waals surface area contributed by atoms with E-state index in [2.05, 4.69) is 6.07 Å². The molecule has 0 saturated carbocycles. The molecule has 0 aromatic heterocycles. The van der Waals surface area contributed by atoms with Crippen LogP contribution in [0.25, 0.3) is 0 Å². The van der Waals surface area contributed by atoms with Crippen LogP contribution in [0.4, 0.5) is 0 Å². The number of benzene rings is 1. The number of methoxy groups -OCH3 is 1. The smallest absolute Gasteiger partial charge is 0.315 e. The lowest BCUT2D eigenvalue weighted by molar-refractivity contribution is -0.139. The van der Waals surface area contributed by atoms with E-state index in [0.29, 0.717) is 12.4 Å². The first-order valence-electron chi connectivity index (χ1n) is 6.35. The van der Waals surface area contributed by atoms with Gasteiger partial charge in [-0.1, -0.05) is 6.07 Å². The van der Waals surface area contributed by atoms with Crippen LogP contribution in [0.5, 0.6) is 5.75 Å². The third-order valence-corrected chi connectivity index (χ3v) is 4.54. The highest BCUT2D eigenvalue weighted by Gasteiger charge is 2.30. The summed E-state index contributed by atoms with van der Waals surface area (Å²) in [7, 11) is 1.65. The molecule has 0 saturated heterocycles. The van der Waals surface area contributed by atoms with Crippen molar-refractivity contribution in [2.45, 2.75) is 24.6 Å². The Morgan fingerprint density at radius 2 is 2.32 bits per heavy atom. The molecule has 0 heterocycles. The summed E-state index contributed by atoms with van der Waals surface area (Å²) < 4.78 is 10.1. The maximum atomic E-state index is 11.4. The van der Waals surface area contributed by atoms with E-state index in [1.165, 1.54) is 5.56 Å². The summed E-state index contributed by atoms with van der Waals surface area (Å²) in [6.07, 6.45) is 0.893. The normalized spacial score (nSPS) is 21.0. The zero-order valence-electron chi connectivity index (χ0n) is 11.2. The number of thioether (sulfide) groups is 1. The number of carbonyl (C=O) groups is 1. The molecule has 1 aromatic carbocycles. The second-order valence-corrected chi connectivity index (χ2v) is 5.68. The second-order valence-electron chi connectivity index (χ2n) is 4.45. The number of fused-ring (bicyclic) bond motifs is 1. The van der Waals surface area contributed by atoms with Crippen LogP contribution >= 0.6 is 11.8 Å². The van der Waals surface area contributed by atoms with Gasteiger partial charge in [0, 0.05) is 11.3 Å². The Morgan fingerprint density at radius 1 is 1.53 bits per heavy atom. The van der Waals surface area contributed by atoms with Crippen molar-refractivity contribution >= 4 is 17.7 Å². The number of esters is 1. The van der Waals surface area contributed by atoms with Crippen molar-refractivity contribution in [3.05, 3.63) is 29.3 Å². The molecule has 19 heavy (non-hydrogen) atoms. The van der Waals surface area contributed by atoms with Crippen LogP contribution < -0.4 is 10.5 Å². The standard InChI is InChI=1S/C14H19NO3S/c1-3-18-13(16)8-19-12-6-9-4-5-10(17-2)7-11(9)14(12)15/h4-5,7,12,14H,3,6,8,15H2,1-2H3. The lowest BCUT2D eigenvalue weighted by Crippen LogP contribution is -2.21. The first kappa shape index (κ1) is 14.2. The van der Waals surface area contributed by atoms with Crippen LogP contribution in [0.2, 0.25) is 0 Å². The highest BCUT2D eigenvalue weighted by Crippen LogP contribution is 2.38. The minimum absolute atomic E-state index is 0.0514. The van der Waals surface area contributed by atoms with Gasteiger partial charge in [-0.15, -0.1) is 11.8 Å². The Balaban J connectivity index is 1.98. The molecule has 1 aromatic rings. The average Bonchev–Trinajstić information content (AvgIpc) is 2.73. The molecule has 4 nitrogen and oxygen atoms in total. The van der Waals surface area contributed by atoms with Gasteiger partial charge in [0.2, 0.25) is 0 Å². The van der Waals surface area contributed by atoms with Crippen LogP contribution in [0.1, 0.15) is 24.1 Å². The lowest BCUT2D eigenvalue weighted by atomic mass is 10.1. The van der Waals surface area contributed by atoms with Gasteiger partial charge in [-0.05, 0) is 36.6 Å². The second kappa shape index (κ2) is 6.30. The van der Waals surface area contributed by atoms with Crippen molar-refractivity contribution in [1.82, 2.24) is 0 Å². The molecule has 0 radical (unpaired) electrons. The molecule has 2 N–H and O–H groups in total. The van der Waals surface area contributed by atoms with Crippen molar-refractivity contribution in [2.75, 3.05) is 19.5 Å². The number of hydrogen-bond acceptors (Lipinski definition) is 5. The Bertz CT molecular complexity index is 464. The molecular formula is C14H19NO3S. The summed E-state index contributed by atoms with van der Waals surface area (Å²) in [5, 5.41) is 0.228. The van der Waals surface area contributed by atoms with E-state index in [9.17, 15) is 4.79 Å². The first-order valence-corrected chi connectivity index (χ1v) is 7.40. The number of hydrogen-bond donors (Lipinski definition) is 1. The summed E-state index contributed by atoms with van der Waals surface area (Å²) in [5.41, 5.74) is 8.62. The monoisotopic (exact) mass is 281 g/mol. The number of ether oxygens (including phenoxy) is 2. The van der Waals surface area contributed by atoms with Gasteiger partial charge in [0.1, 0.15) is 5.75 Å². The van der Waals surface area contributed by atoms with Crippen LogP contribution in [0.15, 0.2) is 18.2 Å². The zero-order valence-corrected chi connectivity index (χ0v) is 12.0. The van der Waals surface area contributed by atoms with Crippen LogP contribution in [0, 0.1) is 0 Å². The molecule has 0 bridgehead atoms. The third-order valence-electron chi connectivity index (χ3n) is 3.25. The maximum Gasteiger partial charge on any atom is 0.315 e. The Kier molecular flexibility index (Phi) is 4.71. The minimum atomic E-state index is -0.173. The molecule has 104 valence electrons. The lowest BCUT2D eigenvalue weighted by Gasteiger charge is -2.15. The Labute approximate surface area is 117 Å². The summed E-state index contributed by atoms with van der Waals surface area (Å²) in [6, 6.07) is 5.94. The molecule has 1 aliphatic rings. The molecule has 0 amide bonds. The van der Waals surface area contributed by atoms with E-state index >= 15 is 0 Å². The molecule has 2 unspecified atom stereocenters. The van der Waals surface area contributed by atoms with Crippen molar-refractivity contribution in [3.8, 4) is 5.75 Å². The van der Waals surface area contributed by atoms with E-state index in [4.69, 9.17) is 15.2 Å². The summed E-state index contributed by atoms with van der Waals surface area (Å²) >= 11 is 1.57. The first-order chi connectivity index (χ1) is 9.15. The van der Waals surface area contributed by atoms with E-state index in [-0.39, 0.29) is 17.3 Å². The predicted octanol–water partition coefficient (Wildman–Crippen LogP) is 1.92. The van der Waals surface area contributed by atoms with Gasteiger partial charge in [-0.25, -0.2) is 0 Å². The number of carbonyl (C=O) groups excluding carboxylic acids is 1. The Morgan fingerprint density at radius 3 is 3.00 bits per heavy atom. The molecule has 2 atom stereocenters. The zero-order chi connectivity index (χ0) is 13.8. The fourth-order valence-corrected chi connectivity index (χ4v) is 3.37. The number of nitrogens with two attached hydrogens (primary N) is 1. The van der Waals surface area contributed by atoms with Gasteiger partial charge in [0.25, 0.3) is 0 Å².